The van der Waals surface area contributed by atoms with Crippen molar-refractivity contribution in [1.82, 2.24) is 10.2 Å². The second-order valence-corrected chi connectivity index (χ2v) is 5.70. The van der Waals surface area contributed by atoms with Crippen LogP contribution in [0.1, 0.15) is 31.7 Å². The van der Waals surface area contributed by atoms with Crippen molar-refractivity contribution in [2.45, 2.75) is 38.6 Å². The van der Waals surface area contributed by atoms with Gasteiger partial charge in [-0.3, -0.25) is 0 Å². The lowest BCUT2D eigenvalue weighted by Crippen LogP contribution is -2.46. The largest absolute Gasteiger partial charge is 0.497 e. The molecular weight excluding hydrogens is 248 g/mol. The lowest BCUT2D eigenvalue weighted by atomic mass is 10.0. The van der Waals surface area contributed by atoms with Crippen LogP contribution in [0.4, 0.5) is 0 Å². The van der Waals surface area contributed by atoms with Crippen LogP contribution in [-0.2, 0) is 6.42 Å². The molecule has 0 bridgehead atoms. The molecule has 1 fully saturated rings. The number of methoxy groups -OCH3 is 1. The number of nitrogens with zero attached hydrogens (tertiary/aromatic N) is 1. The summed E-state index contributed by atoms with van der Waals surface area (Å²) in [6, 6.07) is 9.12. The molecule has 1 aromatic carbocycles. The van der Waals surface area contributed by atoms with Crippen molar-refractivity contribution >= 4 is 0 Å². The molecule has 2 rings (SSSR count). The molecule has 0 aliphatic carbocycles. The highest BCUT2D eigenvalue weighted by Crippen LogP contribution is 2.15. The highest BCUT2D eigenvalue weighted by Gasteiger charge is 2.18. The topological polar surface area (TPSA) is 24.5 Å². The van der Waals surface area contributed by atoms with E-state index in [0.29, 0.717) is 6.04 Å². The Bertz CT molecular complexity index is 394. The summed E-state index contributed by atoms with van der Waals surface area (Å²) in [5.41, 5.74) is 1.37. The quantitative estimate of drug-likeness (QED) is 0.828. The maximum atomic E-state index is 5.28. The lowest BCUT2D eigenvalue weighted by molar-refractivity contribution is 0.193. The van der Waals surface area contributed by atoms with Crippen LogP contribution in [-0.4, -0.2) is 44.2 Å². The maximum Gasteiger partial charge on any atom is 0.119 e. The lowest BCUT2D eigenvalue weighted by Gasteiger charge is -2.33. The second kappa shape index (κ2) is 8.28. The minimum atomic E-state index is 0.689. The van der Waals surface area contributed by atoms with Crippen LogP contribution in [0.3, 0.4) is 0 Å². The molecule has 0 saturated carbocycles. The van der Waals surface area contributed by atoms with Gasteiger partial charge in [-0.05, 0) is 56.5 Å². The van der Waals surface area contributed by atoms with E-state index in [-0.39, 0.29) is 0 Å². The number of nitrogens with one attached hydrogen (secondary N) is 1. The highest BCUT2D eigenvalue weighted by molar-refractivity contribution is 5.28. The molecule has 112 valence electrons. The van der Waals surface area contributed by atoms with E-state index >= 15 is 0 Å². The van der Waals surface area contributed by atoms with Gasteiger partial charge in [0.2, 0.25) is 0 Å². The molecule has 0 aromatic heterocycles. The van der Waals surface area contributed by atoms with E-state index in [2.05, 4.69) is 35.3 Å². The molecule has 0 radical (unpaired) electrons. The molecule has 1 aliphatic heterocycles. The van der Waals surface area contributed by atoms with Crippen LogP contribution >= 0.6 is 0 Å². The second-order valence-electron chi connectivity index (χ2n) is 5.70. The van der Waals surface area contributed by atoms with E-state index in [4.69, 9.17) is 4.74 Å². The SMILES string of the molecule is CCCNC1CCCN(CCc2cccc(OC)c2)C1. The fourth-order valence-electron chi connectivity index (χ4n) is 2.89. The number of hydrogen-bond donors (Lipinski definition) is 1. The standard InChI is InChI=1S/C17H28N2O/c1-3-10-18-16-7-5-11-19(14-16)12-9-15-6-4-8-17(13-15)20-2/h4,6,8,13,16,18H,3,5,7,9-12,14H2,1-2H3. The molecule has 0 amide bonds. The fourth-order valence-corrected chi connectivity index (χ4v) is 2.89. The monoisotopic (exact) mass is 276 g/mol. The van der Waals surface area contributed by atoms with Gasteiger partial charge in [-0.2, -0.15) is 0 Å². The first-order valence-corrected chi connectivity index (χ1v) is 7.90. The predicted molar refractivity (Wildman–Crippen MR) is 84.5 cm³/mol. The van der Waals surface area contributed by atoms with Crippen molar-refractivity contribution in [3.63, 3.8) is 0 Å². The summed E-state index contributed by atoms with van der Waals surface area (Å²) in [7, 11) is 1.73. The smallest absolute Gasteiger partial charge is 0.119 e. The number of hydrogen-bond acceptors (Lipinski definition) is 3. The Hall–Kier alpha value is -1.06. The third-order valence-corrected chi connectivity index (χ3v) is 4.04. The third-order valence-electron chi connectivity index (χ3n) is 4.04. The van der Waals surface area contributed by atoms with Crippen molar-refractivity contribution in [2.24, 2.45) is 0 Å². The van der Waals surface area contributed by atoms with Gasteiger partial charge < -0.3 is 15.0 Å². The minimum absolute atomic E-state index is 0.689. The summed E-state index contributed by atoms with van der Waals surface area (Å²) in [5, 5.41) is 3.66. The molecule has 3 nitrogen and oxygen atoms in total. The molecule has 1 atom stereocenters. The van der Waals surface area contributed by atoms with Gasteiger partial charge in [0, 0.05) is 19.1 Å². The summed E-state index contributed by atoms with van der Waals surface area (Å²) in [5.74, 6) is 0.962. The summed E-state index contributed by atoms with van der Waals surface area (Å²) in [6.07, 6.45) is 4.98. The van der Waals surface area contributed by atoms with Crippen molar-refractivity contribution < 1.29 is 4.74 Å². The predicted octanol–water partition coefficient (Wildman–Crippen LogP) is 2.70. The summed E-state index contributed by atoms with van der Waals surface area (Å²) >= 11 is 0. The zero-order valence-corrected chi connectivity index (χ0v) is 12.9. The normalized spacial score (nSPS) is 20.0. The Morgan fingerprint density at radius 2 is 2.30 bits per heavy atom. The molecule has 20 heavy (non-hydrogen) atoms. The van der Waals surface area contributed by atoms with E-state index in [9.17, 15) is 0 Å². The average molecular weight is 276 g/mol. The maximum absolute atomic E-state index is 5.28. The molecule has 3 heteroatoms. The van der Waals surface area contributed by atoms with Gasteiger partial charge in [-0.1, -0.05) is 19.1 Å². The summed E-state index contributed by atoms with van der Waals surface area (Å²) < 4.78 is 5.28. The van der Waals surface area contributed by atoms with Crippen LogP contribution in [0.15, 0.2) is 24.3 Å². The van der Waals surface area contributed by atoms with Gasteiger partial charge in [0.15, 0.2) is 0 Å². The van der Waals surface area contributed by atoms with Gasteiger partial charge in [0.1, 0.15) is 5.75 Å². The first kappa shape index (κ1) is 15.3. The zero-order valence-electron chi connectivity index (χ0n) is 12.9. The van der Waals surface area contributed by atoms with Crippen LogP contribution in [0.25, 0.3) is 0 Å². The molecule has 1 heterocycles. The highest BCUT2D eigenvalue weighted by atomic mass is 16.5. The molecule has 1 unspecified atom stereocenters. The van der Waals surface area contributed by atoms with Crippen LogP contribution < -0.4 is 10.1 Å². The van der Waals surface area contributed by atoms with Crippen LogP contribution in [0.5, 0.6) is 5.75 Å². The molecule has 1 saturated heterocycles. The van der Waals surface area contributed by atoms with Crippen molar-refractivity contribution in [1.29, 1.82) is 0 Å². The van der Waals surface area contributed by atoms with Crippen molar-refractivity contribution in [3.05, 3.63) is 29.8 Å². The Balaban J connectivity index is 1.77. The van der Waals surface area contributed by atoms with Crippen molar-refractivity contribution in [3.8, 4) is 5.75 Å². The van der Waals surface area contributed by atoms with Gasteiger partial charge in [-0.25, -0.2) is 0 Å². The Labute approximate surface area is 123 Å². The van der Waals surface area contributed by atoms with Gasteiger partial charge >= 0.3 is 0 Å². The van der Waals surface area contributed by atoms with E-state index in [0.717, 1.165) is 25.3 Å². The number of likely N-dealkylation sites (tertiary alicyclic amines) is 1. The first-order valence-electron chi connectivity index (χ1n) is 7.90. The number of benzene rings is 1. The number of piperidine rings is 1. The molecule has 1 aliphatic rings. The van der Waals surface area contributed by atoms with Crippen LogP contribution in [0.2, 0.25) is 0 Å². The first-order chi connectivity index (χ1) is 9.81. The molecule has 1 N–H and O–H groups in total. The zero-order chi connectivity index (χ0) is 14.2. The van der Waals surface area contributed by atoms with Crippen LogP contribution in [0, 0.1) is 0 Å². The van der Waals surface area contributed by atoms with E-state index in [1.54, 1.807) is 7.11 Å². The fraction of sp³-hybridized carbons (Fsp3) is 0.647. The van der Waals surface area contributed by atoms with E-state index in [1.165, 1.54) is 37.9 Å². The minimum Gasteiger partial charge on any atom is -0.497 e. The molecule has 1 aromatic rings. The Morgan fingerprint density at radius 1 is 1.40 bits per heavy atom. The van der Waals surface area contributed by atoms with Crippen molar-refractivity contribution in [2.75, 3.05) is 33.3 Å². The third kappa shape index (κ3) is 4.80. The Kier molecular flexibility index (Phi) is 6.34. The van der Waals surface area contributed by atoms with Gasteiger partial charge in [-0.15, -0.1) is 0 Å². The average Bonchev–Trinajstić information content (AvgIpc) is 2.51. The molecular formula is C17H28N2O. The summed E-state index contributed by atoms with van der Waals surface area (Å²) in [4.78, 5) is 2.59. The Morgan fingerprint density at radius 3 is 3.10 bits per heavy atom. The van der Waals surface area contributed by atoms with Gasteiger partial charge in [0.25, 0.3) is 0 Å². The van der Waals surface area contributed by atoms with Gasteiger partial charge in [0.05, 0.1) is 7.11 Å². The van der Waals surface area contributed by atoms with E-state index in [1.807, 2.05) is 6.07 Å². The summed E-state index contributed by atoms with van der Waals surface area (Å²) in [6.45, 7) is 6.97. The molecule has 0 spiro atoms. The number of rotatable bonds is 7. The van der Waals surface area contributed by atoms with E-state index < -0.39 is 0 Å². The number of ether oxygens (including phenoxy) is 1.